The van der Waals surface area contributed by atoms with Gasteiger partial charge in [-0.3, -0.25) is 0 Å². The molecule has 1 aromatic heterocycles. The van der Waals surface area contributed by atoms with Crippen molar-refractivity contribution in [2.75, 3.05) is 20.2 Å². The fourth-order valence-electron chi connectivity index (χ4n) is 3.60. The highest BCUT2D eigenvalue weighted by Crippen LogP contribution is 2.35. The Morgan fingerprint density at radius 3 is 2.30 bits per heavy atom. The summed E-state index contributed by atoms with van der Waals surface area (Å²) < 4.78 is 14.6. The number of benzene rings is 3. The molecule has 0 amide bonds. The molecular formula is C25H25N3OS. The lowest BCUT2D eigenvalue weighted by Gasteiger charge is -2.17. The molecule has 0 fully saturated rings. The molecule has 0 unspecified atom stereocenters. The third kappa shape index (κ3) is 4.42. The minimum atomic E-state index is 0.652. The van der Waals surface area contributed by atoms with Crippen LogP contribution in [0.5, 0.6) is 5.75 Å². The zero-order valence-corrected chi connectivity index (χ0v) is 18.1. The lowest BCUT2D eigenvalue weighted by molar-refractivity contribution is 0.318. The Morgan fingerprint density at radius 1 is 0.867 bits per heavy atom. The van der Waals surface area contributed by atoms with Gasteiger partial charge < -0.3 is 10.1 Å². The summed E-state index contributed by atoms with van der Waals surface area (Å²) in [7, 11) is 1.93. The summed E-state index contributed by atoms with van der Waals surface area (Å²) in [6, 6.07) is 25.3. The van der Waals surface area contributed by atoms with Crippen molar-refractivity contribution in [2.24, 2.45) is 0 Å². The third-order valence-electron chi connectivity index (χ3n) is 5.08. The van der Waals surface area contributed by atoms with Gasteiger partial charge in [0.15, 0.2) is 0 Å². The molecule has 4 rings (SSSR count). The zero-order valence-electron chi connectivity index (χ0n) is 17.3. The average molecular weight is 416 g/mol. The second-order valence-corrected chi connectivity index (χ2v) is 7.55. The second-order valence-electron chi connectivity index (χ2n) is 7.02. The summed E-state index contributed by atoms with van der Waals surface area (Å²) in [5.41, 5.74) is 7.99. The number of ether oxygens (including phenoxy) is 1. The van der Waals surface area contributed by atoms with Gasteiger partial charge in [-0.2, -0.15) is 8.75 Å². The summed E-state index contributed by atoms with van der Waals surface area (Å²) in [6.07, 6.45) is 0.910. The Kier molecular flexibility index (Phi) is 6.52. The quantitative estimate of drug-likeness (QED) is 0.298. The van der Waals surface area contributed by atoms with Crippen LogP contribution in [0.15, 0.2) is 72.8 Å². The van der Waals surface area contributed by atoms with E-state index < -0.39 is 0 Å². The van der Waals surface area contributed by atoms with Crippen molar-refractivity contribution in [3.63, 3.8) is 0 Å². The normalized spacial score (nSPS) is 12.1. The van der Waals surface area contributed by atoms with Gasteiger partial charge >= 0.3 is 0 Å². The molecule has 1 N–H and O–H groups in total. The Labute approximate surface area is 181 Å². The fraction of sp³-hybridized carbons (Fsp3) is 0.200. The molecule has 4 aromatic rings. The van der Waals surface area contributed by atoms with Crippen molar-refractivity contribution < 1.29 is 4.74 Å². The molecule has 152 valence electrons. The van der Waals surface area contributed by atoms with Crippen LogP contribution in [0.25, 0.3) is 22.2 Å². The predicted molar refractivity (Wildman–Crippen MR) is 126 cm³/mol. The number of nitrogens with zero attached hydrogens (tertiary/aromatic N) is 2. The van der Waals surface area contributed by atoms with Crippen molar-refractivity contribution in [3.8, 4) is 5.75 Å². The van der Waals surface area contributed by atoms with Crippen LogP contribution in [0.4, 0.5) is 0 Å². The molecule has 0 aliphatic carbocycles. The highest BCUT2D eigenvalue weighted by atomic mass is 32.1. The maximum atomic E-state index is 5.81. The molecule has 0 spiro atoms. The van der Waals surface area contributed by atoms with Crippen molar-refractivity contribution in [1.82, 2.24) is 14.1 Å². The molecule has 1 heterocycles. The molecular weight excluding hydrogens is 390 g/mol. The highest BCUT2D eigenvalue weighted by molar-refractivity contribution is 7.00. The van der Waals surface area contributed by atoms with Crippen LogP contribution in [0.1, 0.15) is 30.0 Å². The summed E-state index contributed by atoms with van der Waals surface area (Å²) >= 11 is 1.26. The predicted octanol–water partition coefficient (Wildman–Crippen LogP) is 5.66. The lowest BCUT2D eigenvalue weighted by atomic mass is 9.88. The summed E-state index contributed by atoms with van der Waals surface area (Å²) in [6.45, 7) is 3.68. The molecule has 30 heavy (non-hydrogen) atoms. The maximum absolute atomic E-state index is 5.81. The molecule has 5 heteroatoms. The fourth-order valence-corrected chi connectivity index (χ4v) is 4.12. The van der Waals surface area contributed by atoms with Crippen LogP contribution in [-0.2, 0) is 0 Å². The number of allylic oxidation sites excluding steroid dienone is 1. The van der Waals surface area contributed by atoms with Gasteiger partial charge in [0.2, 0.25) is 0 Å². The molecule has 0 bridgehead atoms. The number of aromatic nitrogens is 2. The van der Waals surface area contributed by atoms with E-state index >= 15 is 0 Å². The Morgan fingerprint density at radius 2 is 1.57 bits per heavy atom. The maximum Gasteiger partial charge on any atom is 0.119 e. The van der Waals surface area contributed by atoms with E-state index in [-0.39, 0.29) is 0 Å². The van der Waals surface area contributed by atoms with Gasteiger partial charge in [0, 0.05) is 6.54 Å². The van der Waals surface area contributed by atoms with E-state index in [0.717, 1.165) is 29.7 Å². The molecule has 0 saturated heterocycles. The first-order valence-corrected chi connectivity index (χ1v) is 10.9. The number of hydrogen-bond acceptors (Lipinski definition) is 5. The van der Waals surface area contributed by atoms with Crippen LogP contribution < -0.4 is 10.1 Å². The summed E-state index contributed by atoms with van der Waals surface area (Å²) in [5.74, 6) is 0.884. The topological polar surface area (TPSA) is 47.0 Å². The van der Waals surface area contributed by atoms with E-state index in [9.17, 15) is 0 Å². The van der Waals surface area contributed by atoms with Gasteiger partial charge in [-0.25, -0.2) is 0 Å². The minimum absolute atomic E-state index is 0.652. The highest BCUT2D eigenvalue weighted by Gasteiger charge is 2.14. The molecule has 0 aliphatic heterocycles. The monoisotopic (exact) mass is 415 g/mol. The Bertz CT molecular complexity index is 1130. The lowest BCUT2D eigenvalue weighted by Crippen LogP contribution is -2.15. The van der Waals surface area contributed by atoms with Gasteiger partial charge in [-0.05, 0) is 65.6 Å². The zero-order chi connectivity index (χ0) is 20.8. The van der Waals surface area contributed by atoms with Gasteiger partial charge in [0.25, 0.3) is 0 Å². The van der Waals surface area contributed by atoms with Crippen molar-refractivity contribution >= 4 is 33.9 Å². The summed E-state index contributed by atoms with van der Waals surface area (Å²) in [4.78, 5) is 0. The van der Waals surface area contributed by atoms with Gasteiger partial charge in [-0.15, -0.1) is 0 Å². The molecule has 4 nitrogen and oxygen atoms in total. The summed E-state index contributed by atoms with van der Waals surface area (Å²) in [5, 5.41) is 3.10. The first-order chi connectivity index (χ1) is 14.8. The smallest absolute Gasteiger partial charge is 0.119 e. The number of likely N-dealkylation sites (N-methyl/N-ethyl adjacent to an activating group) is 1. The largest absolute Gasteiger partial charge is 0.492 e. The number of rotatable bonds is 8. The average Bonchev–Trinajstić information content (AvgIpc) is 3.27. The Hall–Kier alpha value is -3.02. The SMILES string of the molecule is CCC(=C(c1ccccc1)c1ccc(OCCNC)cc1)c1ccc2nsnc2c1. The second kappa shape index (κ2) is 9.65. The van der Waals surface area contributed by atoms with Crippen molar-refractivity contribution in [2.45, 2.75) is 13.3 Å². The van der Waals surface area contributed by atoms with Gasteiger partial charge in [0.1, 0.15) is 23.4 Å². The third-order valence-corrected chi connectivity index (χ3v) is 5.64. The van der Waals surface area contributed by atoms with E-state index in [1.807, 2.05) is 7.05 Å². The molecule has 0 aliphatic rings. The molecule has 0 saturated carbocycles. The first-order valence-electron chi connectivity index (χ1n) is 10.2. The Balaban J connectivity index is 1.80. The van der Waals surface area contributed by atoms with Crippen LogP contribution >= 0.6 is 11.7 Å². The molecule has 3 aromatic carbocycles. The molecule has 0 atom stereocenters. The van der Waals surface area contributed by atoms with E-state index in [4.69, 9.17) is 4.74 Å². The minimum Gasteiger partial charge on any atom is -0.492 e. The molecule has 0 radical (unpaired) electrons. The van der Waals surface area contributed by atoms with Crippen LogP contribution in [0.2, 0.25) is 0 Å². The number of fused-ring (bicyclic) bond motifs is 1. The van der Waals surface area contributed by atoms with E-state index in [2.05, 4.69) is 93.8 Å². The standard InChI is InChI=1S/C25H25N3OS/c1-3-22(20-11-14-23-24(17-20)28-30-27-23)25(18-7-5-4-6-8-18)19-9-12-21(13-10-19)29-16-15-26-2/h4-14,17,26H,3,15-16H2,1-2H3. The van der Waals surface area contributed by atoms with Crippen LogP contribution in [0, 0.1) is 0 Å². The van der Waals surface area contributed by atoms with E-state index in [1.54, 1.807) is 0 Å². The van der Waals surface area contributed by atoms with Gasteiger partial charge in [-0.1, -0.05) is 55.5 Å². The number of nitrogens with one attached hydrogen (secondary N) is 1. The van der Waals surface area contributed by atoms with E-state index in [1.165, 1.54) is 39.6 Å². The van der Waals surface area contributed by atoms with Crippen LogP contribution in [0.3, 0.4) is 0 Å². The van der Waals surface area contributed by atoms with Crippen molar-refractivity contribution in [3.05, 3.63) is 89.5 Å². The van der Waals surface area contributed by atoms with Crippen LogP contribution in [-0.4, -0.2) is 28.9 Å². The first kappa shape index (κ1) is 20.3. The van der Waals surface area contributed by atoms with Gasteiger partial charge in [0.05, 0.1) is 11.7 Å². The van der Waals surface area contributed by atoms with Crippen molar-refractivity contribution in [1.29, 1.82) is 0 Å². The number of hydrogen-bond donors (Lipinski definition) is 1. The van der Waals surface area contributed by atoms with E-state index in [0.29, 0.717) is 6.61 Å².